The van der Waals surface area contributed by atoms with Gasteiger partial charge in [0.05, 0.1) is 40.6 Å². The summed E-state index contributed by atoms with van der Waals surface area (Å²) in [5.41, 5.74) is 12.1. The zero-order chi connectivity index (χ0) is 37.5. The number of nitrogens with one attached hydrogen (secondary N) is 3. The smallest absolute Gasteiger partial charge is 0.160 e. The molecular formula is C51H37N5O. The van der Waals surface area contributed by atoms with Crippen LogP contribution in [0, 0.1) is 0 Å². The highest BCUT2D eigenvalue weighted by atomic mass is 16.3. The van der Waals surface area contributed by atoms with Crippen LogP contribution in [0.3, 0.4) is 0 Å². The van der Waals surface area contributed by atoms with E-state index in [0.29, 0.717) is 0 Å². The maximum Gasteiger partial charge on any atom is 0.160 e. The number of nitrogens with zero attached hydrogens (tertiary/aromatic N) is 2. The van der Waals surface area contributed by atoms with Gasteiger partial charge in [0.2, 0.25) is 0 Å². The highest BCUT2D eigenvalue weighted by Gasteiger charge is 2.30. The first-order valence-corrected chi connectivity index (χ1v) is 19.6. The first-order chi connectivity index (χ1) is 28.3. The third kappa shape index (κ3) is 5.09. The molecule has 6 nitrogen and oxygen atoms in total. The lowest BCUT2D eigenvalue weighted by molar-refractivity contribution is 0.203. The van der Waals surface area contributed by atoms with Gasteiger partial charge in [-0.2, -0.15) is 0 Å². The van der Waals surface area contributed by atoms with Gasteiger partial charge in [0.15, 0.2) is 5.58 Å². The quantitative estimate of drug-likeness (QED) is 0.165. The molecular weight excluding hydrogens is 699 g/mol. The van der Waals surface area contributed by atoms with Gasteiger partial charge in [0, 0.05) is 43.7 Å². The molecule has 4 heterocycles. The van der Waals surface area contributed by atoms with E-state index in [1.54, 1.807) is 0 Å². The molecule has 8 aromatic carbocycles. The lowest BCUT2D eigenvalue weighted by atomic mass is 10.0. The van der Waals surface area contributed by atoms with Crippen LogP contribution in [0.1, 0.15) is 35.2 Å². The van der Waals surface area contributed by atoms with E-state index in [-0.39, 0.29) is 18.5 Å². The second-order valence-corrected chi connectivity index (χ2v) is 15.1. The van der Waals surface area contributed by atoms with Gasteiger partial charge in [-0.3, -0.25) is 16.0 Å². The minimum absolute atomic E-state index is 0.0500. The Hall–Kier alpha value is -6.96. The van der Waals surface area contributed by atoms with E-state index in [2.05, 4.69) is 207 Å². The van der Waals surface area contributed by atoms with E-state index in [1.807, 2.05) is 6.07 Å². The minimum atomic E-state index is -0.117. The molecule has 0 saturated carbocycles. The first-order valence-electron chi connectivity index (χ1n) is 19.6. The van der Waals surface area contributed by atoms with Crippen molar-refractivity contribution in [2.75, 3.05) is 0 Å². The molecule has 1 aliphatic rings. The number of aromatic nitrogens is 2. The molecule has 3 N–H and O–H groups in total. The van der Waals surface area contributed by atoms with Crippen molar-refractivity contribution >= 4 is 65.6 Å². The summed E-state index contributed by atoms with van der Waals surface area (Å²) < 4.78 is 11.5. The minimum Gasteiger partial charge on any atom is -0.454 e. The maximum absolute atomic E-state index is 6.70. The second-order valence-electron chi connectivity index (χ2n) is 15.1. The van der Waals surface area contributed by atoms with Gasteiger partial charge in [-0.25, -0.2) is 0 Å². The van der Waals surface area contributed by atoms with Gasteiger partial charge < -0.3 is 13.6 Å². The van der Waals surface area contributed by atoms with Crippen molar-refractivity contribution in [1.82, 2.24) is 25.1 Å². The Kier molecular flexibility index (Phi) is 7.25. The standard InChI is InChI=1S/C51H37N5O/c1-4-15-32(16-5-1)49-52-50(33-17-6-2-7-18-33)54-51(53-49)34-19-14-22-36(29-34)55-43-25-12-10-23-37(43)41-30-42-39-27-28-40-38-24-11-13-26-46(38)57-48(40)47(39)56(45(42)31-44(41)55)35-20-8-3-9-21-35/h1-31,49-54H. The summed E-state index contributed by atoms with van der Waals surface area (Å²) in [7, 11) is 0. The molecule has 3 aromatic heterocycles. The lowest BCUT2D eigenvalue weighted by Gasteiger charge is -2.39. The molecule has 6 heteroatoms. The molecule has 2 atom stereocenters. The van der Waals surface area contributed by atoms with Gasteiger partial charge in [0.1, 0.15) is 5.58 Å². The highest BCUT2D eigenvalue weighted by molar-refractivity contribution is 6.24. The zero-order valence-corrected chi connectivity index (χ0v) is 30.9. The summed E-state index contributed by atoms with van der Waals surface area (Å²) in [4.78, 5) is 0. The fourth-order valence-electron chi connectivity index (χ4n) is 9.22. The van der Waals surface area contributed by atoms with Crippen molar-refractivity contribution in [3.63, 3.8) is 0 Å². The largest absolute Gasteiger partial charge is 0.454 e. The van der Waals surface area contributed by atoms with E-state index >= 15 is 0 Å². The van der Waals surface area contributed by atoms with Gasteiger partial charge in [-0.15, -0.1) is 0 Å². The fourth-order valence-corrected chi connectivity index (χ4v) is 9.22. The van der Waals surface area contributed by atoms with Gasteiger partial charge >= 0.3 is 0 Å². The van der Waals surface area contributed by atoms with Gasteiger partial charge in [-0.1, -0.05) is 133 Å². The topological polar surface area (TPSA) is 59.1 Å². The molecule has 272 valence electrons. The van der Waals surface area contributed by atoms with Crippen molar-refractivity contribution in [2.45, 2.75) is 18.5 Å². The number of hydrogen-bond donors (Lipinski definition) is 3. The van der Waals surface area contributed by atoms with Crippen LogP contribution in [0.5, 0.6) is 0 Å². The van der Waals surface area contributed by atoms with Gasteiger partial charge in [-0.05, 0) is 71.3 Å². The molecule has 0 bridgehead atoms. The fraction of sp³-hybridized carbons (Fsp3) is 0.0588. The van der Waals surface area contributed by atoms with E-state index in [4.69, 9.17) is 4.42 Å². The predicted octanol–water partition coefficient (Wildman–Crippen LogP) is 12.0. The summed E-state index contributed by atoms with van der Waals surface area (Å²) >= 11 is 0. The van der Waals surface area contributed by atoms with Crippen molar-refractivity contribution in [1.29, 1.82) is 0 Å². The molecule has 12 rings (SSSR count). The monoisotopic (exact) mass is 735 g/mol. The lowest BCUT2D eigenvalue weighted by Crippen LogP contribution is -2.54. The molecule has 1 fully saturated rings. The number of furan rings is 1. The van der Waals surface area contributed by atoms with E-state index in [0.717, 1.165) is 55.4 Å². The number of fused-ring (bicyclic) bond motifs is 10. The number of para-hydroxylation sites is 3. The SMILES string of the molecule is c1ccc(C2NC(c3ccccc3)NC(c3cccc(-n4c5ccccc5c5cc6c7ccc8c9ccccc9oc8c7n(-c7ccccc7)c6cc54)c3)N2)cc1. The Morgan fingerprint density at radius 2 is 0.895 bits per heavy atom. The third-order valence-corrected chi connectivity index (χ3v) is 11.8. The average Bonchev–Trinajstić information content (AvgIpc) is 3.94. The summed E-state index contributed by atoms with van der Waals surface area (Å²) in [5.74, 6) is 0. The van der Waals surface area contributed by atoms with Crippen LogP contribution >= 0.6 is 0 Å². The van der Waals surface area contributed by atoms with Crippen LogP contribution in [0.15, 0.2) is 192 Å². The molecule has 1 saturated heterocycles. The Morgan fingerprint density at radius 3 is 1.63 bits per heavy atom. The molecule has 0 amide bonds. The van der Waals surface area contributed by atoms with Crippen LogP contribution in [-0.4, -0.2) is 9.13 Å². The Bertz CT molecular complexity index is 3240. The van der Waals surface area contributed by atoms with Crippen LogP contribution < -0.4 is 16.0 Å². The van der Waals surface area contributed by atoms with Crippen LogP contribution in [0.25, 0.3) is 76.9 Å². The average molecular weight is 736 g/mol. The molecule has 57 heavy (non-hydrogen) atoms. The molecule has 1 aliphatic heterocycles. The van der Waals surface area contributed by atoms with Crippen molar-refractivity contribution in [2.24, 2.45) is 0 Å². The summed E-state index contributed by atoms with van der Waals surface area (Å²) in [5, 5.41) is 18.6. The molecule has 0 spiro atoms. The summed E-state index contributed by atoms with van der Waals surface area (Å²) in [6.07, 6.45) is -0.217. The van der Waals surface area contributed by atoms with Crippen molar-refractivity contribution in [3.05, 3.63) is 205 Å². The normalized spacial score (nSPS) is 17.4. The molecule has 2 unspecified atom stereocenters. The van der Waals surface area contributed by atoms with Gasteiger partial charge in [0.25, 0.3) is 0 Å². The van der Waals surface area contributed by atoms with E-state index in [1.165, 1.54) is 38.2 Å². The molecule has 0 radical (unpaired) electrons. The highest BCUT2D eigenvalue weighted by Crippen LogP contribution is 2.43. The zero-order valence-electron chi connectivity index (χ0n) is 30.9. The van der Waals surface area contributed by atoms with Crippen molar-refractivity contribution < 1.29 is 4.42 Å². The Labute approximate surface area is 328 Å². The van der Waals surface area contributed by atoms with E-state index in [9.17, 15) is 0 Å². The summed E-state index contributed by atoms with van der Waals surface area (Å²) in [6, 6.07) is 67.3. The maximum atomic E-state index is 6.70. The number of benzene rings is 8. The number of hydrogen-bond acceptors (Lipinski definition) is 4. The third-order valence-electron chi connectivity index (χ3n) is 11.8. The molecule has 0 aliphatic carbocycles. The molecule has 11 aromatic rings. The second kappa shape index (κ2) is 12.8. The van der Waals surface area contributed by atoms with Crippen molar-refractivity contribution in [3.8, 4) is 11.4 Å². The van der Waals surface area contributed by atoms with Crippen LogP contribution in [-0.2, 0) is 0 Å². The predicted molar refractivity (Wildman–Crippen MR) is 233 cm³/mol. The van der Waals surface area contributed by atoms with Crippen LogP contribution in [0.2, 0.25) is 0 Å². The Balaban J connectivity index is 1.07. The first kappa shape index (κ1) is 32.3. The summed E-state index contributed by atoms with van der Waals surface area (Å²) in [6.45, 7) is 0. The van der Waals surface area contributed by atoms with Crippen LogP contribution in [0.4, 0.5) is 0 Å². The Morgan fingerprint density at radius 1 is 0.351 bits per heavy atom. The van der Waals surface area contributed by atoms with E-state index < -0.39 is 0 Å². The number of rotatable bonds is 5.